The Labute approximate surface area is 124 Å². The Hall–Kier alpha value is -1.00. The zero-order chi connectivity index (χ0) is 15.7. The summed E-state index contributed by atoms with van der Waals surface area (Å²) in [5.74, 6) is 0.112. The van der Waals surface area contributed by atoms with Crippen LogP contribution in [0.2, 0.25) is 0 Å². The molecule has 3 N–H and O–H groups in total. The van der Waals surface area contributed by atoms with E-state index in [2.05, 4.69) is 4.72 Å². The van der Waals surface area contributed by atoms with Gasteiger partial charge in [0, 0.05) is 18.6 Å². The maximum atomic E-state index is 12.3. The number of hydrogen-bond acceptors (Lipinski definition) is 5. The third kappa shape index (κ3) is 4.01. The van der Waals surface area contributed by atoms with Crippen LogP contribution in [0.25, 0.3) is 0 Å². The predicted molar refractivity (Wildman–Crippen MR) is 76.5 cm³/mol. The van der Waals surface area contributed by atoms with Crippen molar-refractivity contribution < 1.29 is 21.6 Å². The van der Waals surface area contributed by atoms with Crippen LogP contribution in [0.15, 0.2) is 34.1 Å². The van der Waals surface area contributed by atoms with E-state index in [1.54, 1.807) is 6.92 Å². The van der Waals surface area contributed by atoms with Gasteiger partial charge in [0.2, 0.25) is 20.0 Å². The molecular formula is C12H18N2O5S2. The monoisotopic (exact) mass is 334 g/mol. The summed E-state index contributed by atoms with van der Waals surface area (Å²) in [6.07, 6.45) is 0.793. The fourth-order valence-corrected chi connectivity index (χ4v) is 4.17. The number of benzene rings is 1. The zero-order valence-electron chi connectivity index (χ0n) is 11.5. The van der Waals surface area contributed by atoms with E-state index in [4.69, 9.17) is 9.88 Å². The maximum absolute atomic E-state index is 12.3. The molecule has 2 atom stereocenters. The Morgan fingerprint density at radius 3 is 2.52 bits per heavy atom. The van der Waals surface area contributed by atoms with Gasteiger partial charge in [-0.15, -0.1) is 0 Å². The largest absolute Gasteiger partial charge is 0.381 e. The van der Waals surface area contributed by atoms with E-state index < -0.39 is 20.0 Å². The van der Waals surface area contributed by atoms with Crippen LogP contribution in [-0.4, -0.2) is 36.1 Å². The van der Waals surface area contributed by atoms with Gasteiger partial charge in [-0.3, -0.25) is 0 Å². The first-order valence-electron chi connectivity index (χ1n) is 6.43. The molecule has 1 heterocycles. The van der Waals surface area contributed by atoms with Crippen molar-refractivity contribution >= 4 is 20.0 Å². The average molecular weight is 334 g/mol. The number of hydrogen-bond donors (Lipinski definition) is 2. The first kappa shape index (κ1) is 16.4. The van der Waals surface area contributed by atoms with Crippen molar-refractivity contribution in [2.45, 2.75) is 29.2 Å². The Bertz CT molecular complexity index is 709. The molecule has 0 aliphatic carbocycles. The first-order chi connectivity index (χ1) is 9.70. The highest BCUT2D eigenvalue weighted by molar-refractivity contribution is 7.90. The summed E-state index contributed by atoms with van der Waals surface area (Å²) in [5.41, 5.74) is 0. The molecule has 1 aliphatic heterocycles. The van der Waals surface area contributed by atoms with Gasteiger partial charge in [0.05, 0.1) is 16.4 Å². The summed E-state index contributed by atoms with van der Waals surface area (Å²) in [5, 5.41) is 5.01. The fourth-order valence-electron chi connectivity index (χ4n) is 2.17. The van der Waals surface area contributed by atoms with E-state index >= 15 is 0 Å². The molecule has 0 bridgehead atoms. The van der Waals surface area contributed by atoms with Gasteiger partial charge in [-0.2, -0.15) is 0 Å². The molecule has 1 aromatic carbocycles. The van der Waals surface area contributed by atoms with Crippen molar-refractivity contribution in [2.75, 3.05) is 13.2 Å². The maximum Gasteiger partial charge on any atom is 0.240 e. The Balaban J connectivity index is 2.23. The molecule has 1 fully saturated rings. The second kappa shape index (κ2) is 6.01. The third-order valence-electron chi connectivity index (χ3n) is 3.46. The topological polar surface area (TPSA) is 116 Å². The number of rotatable bonds is 5. The van der Waals surface area contributed by atoms with Crippen molar-refractivity contribution in [3.05, 3.63) is 24.3 Å². The van der Waals surface area contributed by atoms with Gasteiger partial charge in [-0.25, -0.2) is 26.7 Å². The Morgan fingerprint density at radius 2 is 1.95 bits per heavy atom. The second-order valence-corrected chi connectivity index (χ2v) is 8.33. The molecule has 1 saturated heterocycles. The lowest BCUT2D eigenvalue weighted by molar-refractivity contribution is 0.180. The molecule has 0 amide bonds. The van der Waals surface area contributed by atoms with Crippen molar-refractivity contribution in [3.63, 3.8) is 0 Å². The van der Waals surface area contributed by atoms with E-state index in [-0.39, 0.29) is 21.8 Å². The molecule has 0 radical (unpaired) electrons. The Morgan fingerprint density at radius 1 is 1.29 bits per heavy atom. The predicted octanol–water partition coefficient (Wildman–Crippen LogP) is 0.0373. The standard InChI is InChI=1S/C12H18N2O5S2/c1-9(10-5-6-19-8-10)14-21(17,18)12-4-2-3-11(7-12)20(13,15)16/h2-4,7,9-10,14H,5-6,8H2,1H3,(H2,13,15,16). The van der Waals surface area contributed by atoms with E-state index in [9.17, 15) is 16.8 Å². The summed E-state index contributed by atoms with van der Waals surface area (Å²) < 4.78 is 54.9. The van der Waals surface area contributed by atoms with Crippen LogP contribution in [0, 0.1) is 5.92 Å². The quantitative estimate of drug-likeness (QED) is 0.788. The smallest absolute Gasteiger partial charge is 0.240 e. The molecule has 0 saturated carbocycles. The summed E-state index contributed by atoms with van der Waals surface area (Å²) in [4.78, 5) is -0.359. The van der Waals surface area contributed by atoms with Crippen LogP contribution < -0.4 is 9.86 Å². The van der Waals surface area contributed by atoms with E-state index in [0.29, 0.717) is 13.2 Å². The fraction of sp³-hybridized carbons (Fsp3) is 0.500. The van der Waals surface area contributed by atoms with Crippen LogP contribution in [0.4, 0.5) is 0 Å². The van der Waals surface area contributed by atoms with Crippen LogP contribution in [-0.2, 0) is 24.8 Å². The van der Waals surface area contributed by atoms with E-state index in [0.717, 1.165) is 12.5 Å². The highest BCUT2D eigenvalue weighted by atomic mass is 32.2. The summed E-state index contributed by atoms with van der Waals surface area (Å²) >= 11 is 0. The molecular weight excluding hydrogens is 316 g/mol. The van der Waals surface area contributed by atoms with Gasteiger partial charge in [0.25, 0.3) is 0 Å². The van der Waals surface area contributed by atoms with Gasteiger partial charge in [0.15, 0.2) is 0 Å². The number of primary sulfonamides is 1. The minimum Gasteiger partial charge on any atom is -0.381 e. The van der Waals surface area contributed by atoms with Crippen molar-refractivity contribution in [3.8, 4) is 0 Å². The van der Waals surface area contributed by atoms with Crippen LogP contribution in [0.5, 0.6) is 0 Å². The van der Waals surface area contributed by atoms with E-state index in [1.165, 1.54) is 18.2 Å². The number of nitrogens with two attached hydrogens (primary N) is 1. The van der Waals surface area contributed by atoms with Crippen LogP contribution in [0.3, 0.4) is 0 Å². The van der Waals surface area contributed by atoms with Crippen LogP contribution >= 0.6 is 0 Å². The number of nitrogens with one attached hydrogen (secondary N) is 1. The minimum atomic E-state index is -3.94. The number of ether oxygens (including phenoxy) is 1. The zero-order valence-corrected chi connectivity index (χ0v) is 13.2. The highest BCUT2D eigenvalue weighted by Crippen LogP contribution is 2.20. The molecule has 21 heavy (non-hydrogen) atoms. The summed E-state index contributed by atoms with van der Waals surface area (Å²) in [6, 6.07) is 4.68. The highest BCUT2D eigenvalue weighted by Gasteiger charge is 2.27. The molecule has 118 valence electrons. The summed E-state index contributed by atoms with van der Waals surface area (Å²) in [6.45, 7) is 2.90. The Kier molecular flexibility index (Phi) is 4.69. The third-order valence-corrected chi connectivity index (χ3v) is 5.93. The normalized spacial score (nSPS) is 21.3. The van der Waals surface area contributed by atoms with Crippen molar-refractivity contribution in [2.24, 2.45) is 11.1 Å². The molecule has 2 unspecified atom stereocenters. The van der Waals surface area contributed by atoms with Crippen molar-refractivity contribution in [1.29, 1.82) is 0 Å². The molecule has 9 heteroatoms. The number of sulfonamides is 2. The first-order valence-corrected chi connectivity index (χ1v) is 9.46. The SMILES string of the molecule is CC(NS(=O)(=O)c1cccc(S(N)(=O)=O)c1)C1CCOC1. The summed E-state index contributed by atoms with van der Waals surface area (Å²) in [7, 11) is -7.75. The van der Waals surface area contributed by atoms with Gasteiger partial charge < -0.3 is 4.74 Å². The van der Waals surface area contributed by atoms with Gasteiger partial charge in [-0.1, -0.05) is 6.07 Å². The van der Waals surface area contributed by atoms with E-state index in [1.807, 2.05) is 0 Å². The van der Waals surface area contributed by atoms with Gasteiger partial charge in [0.1, 0.15) is 0 Å². The molecule has 1 aromatic rings. The second-order valence-electron chi connectivity index (χ2n) is 5.05. The molecule has 2 rings (SSSR count). The van der Waals surface area contributed by atoms with Crippen molar-refractivity contribution in [1.82, 2.24) is 4.72 Å². The molecule has 0 aromatic heterocycles. The van der Waals surface area contributed by atoms with Crippen LogP contribution in [0.1, 0.15) is 13.3 Å². The average Bonchev–Trinajstić information content (AvgIpc) is 2.91. The lowest BCUT2D eigenvalue weighted by atomic mass is 10.0. The molecule has 1 aliphatic rings. The minimum absolute atomic E-state index is 0.112. The van der Waals surface area contributed by atoms with Gasteiger partial charge >= 0.3 is 0 Å². The molecule has 0 spiro atoms. The molecule has 7 nitrogen and oxygen atoms in total. The lowest BCUT2D eigenvalue weighted by Crippen LogP contribution is -2.38. The lowest BCUT2D eigenvalue weighted by Gasteiger charge is -2.19. The van der Waals surface area contributed by atoms with Gasteiger partial charge in [-0.05, 0) is 31.5 Å².